The van der Waals surface area contributed by atoms with Crippen molar-refractivity contribution < 1.29 is 19.0 Å². The average Bonchev–Trinajstić information content (AvgIpc) is 2.96. The minimum atomic E-state index is -0.921. The van der Waals surface area contributed by atoms with Crippen LogP contribution in [-0.4, -0.2) is 11.1 Å². The molecule has 156 valence electrons. The van der Waals surface area contributed by atoms with Crippen LogP contribution in [0.1, 0.15) is 30.0 Å². The molecule has 4 rings (SSSR count). The van der Waals surface area contributed by atoms with Crippen LogP contribution in [0.5, 0.6) is 11.5 Å². The number of halogens is 3. The molecule has 0 unspecified atom stereocenters. The highest BCUT2D eigenvalue weighted by atomic mass is 35.5. The number of ether oxygens (including phenoxy) is 1. The van der Waals surface area contributed by atoms with E-state index in [4.69, 9.17) is 27.9 Å². The van der Waals surface area contributed by atoms with Crippen molar-refractivity contribution in [1.82, 2.24) is 0 Å². The lowest BCUT2D eigenvalue weighted by Crippen LogP contribution is -1.97. The van der Waals surface area contributed by atoms with Crippen LogP contribution in [0.25, 0.3) is 17.2 Å². The predicted octanol–water partition coefficient (Wildman–Crippen LogP) is 7.73. The summed E-state index contributed by atoms with van der Waals surface area (Å²) in [7, 11) is 0. The van der Waals surface area contributed by atoms with Crippen molar-refractivity contribution in [3.63, 3.8) is 0 Å². The van der Waals surface area contributed by atoms with Crippen molar-refractivity contribution >= 4 is 46.4 Å². The van der Waals surface area contributed by atoms with E-state index in [9.17, 15) is 14.3 Å². The van der Waals surface area contributed by atoms with Gasteiger partial charge in [0.1, 0.15) is 17.3 Å². The summed E-state index contributed by atoms with van der Waals surface area (Å²) in [5, 5.41) is 10.3. The predicted molar refractivity (Wildman–Crippen MR) is 122 cm³/mol. The molecule has 0 aromatic heterocycles. The van der Waals surface area contributed by atoms with Gasteiger partial charge in [-0.3, -0.25) is 4.79 Å². The molecule has 3 aromatic carbocycles. The van der Waals surface area contributed by atoms with E-state index in [0.717, 1.165) is 22.3 Å². The normalized spacial score (nSPS) is 14.1. The molecule has 0 heterocycles. The smallest absolute Gasteiger partial charge is 0.307 e. The summed E-state index contributed by atoms with van der Waals surface area (Å²) in [6.07, 6.45) is 1.85. The number of benzene rings is 3. The first-order valence-corrected chi connectivity index (χ1v) is 10.2. The van der Waals surface area contributed by atoms with Gasteiger partial charge in [0.05, 0.1) is 11.4 Å². The van der Waals surface area contributed by atoms with E-state index in [1.165, 1.54) is 12.1 Å². The number of carboxylic acids is 1. The van der Waals surface area contributed by atoms with Crippen LogP contribution >= 0.6 is 23.2 Å². The maximum atomic E-state index is 13.0. The Morgan fingerprint density at radius 1 is 1.03 bits per heavy atom. The Labute approximate surface area is 189 Å². The maximum absolute atomic E-state index is 13.0. The SMILES string of the molecule is CC1=C(CC(=O)O)c2c(Cl)cc(Cl)cc2/C1=C/c1ccc(Oc2ccc(F)cc2)cc1. The molecule has 0 amide bonds. The highest BCUT2D eigenvalue weighted by Gasteiger charge is 2.28. The minimum Gasteiger partial charge on any atom is -0.481 e. The molecule has 1 N–H and O–H groups in total. The lowest BCUT2D eigenvalue weighted by molar-refractivity contribution is -0.135. The maximum Gasteiger partial charge on any atom is 0.307 e. The van der Waals surface area contributed by atoms with Crippen molar-refractivity contribution in [2.24, 2.45) is 0 Å². The number of hydrogen-bond donors (Lipinski definition) is 1. The highest BCUT2D eigenvalue weighted by molar-refractivity contribution is 6.37. The number of fused-ring (bicyclic) bond motifs is 1. The number of carbonyl (C=O) groups is 1. The fraction of sp³-hybridized carbons (Fsp3) is 0.0800. The van der Waals surface area contributed by atoms with Gasteiger partial charge in [-0.25, -0.2) is 4.39 Å². The van der Waals surface area contributed by atoms with E-state index < -0.39 is 5.97 Å². The standard InChI is InChI=1S/C25H17Cl2FO3/c1-14-20(22-11-16(26)12-23(27)25(22)21(14)13-24(29)30)10-15-2-6-18(7-3-15)31-19-8-4-17(28)5-9-19/h2-12H,13H2,1H3,(H,29,30)/b20-10+. The zero-order valence-electron chi connectivity index (χ0n) is 16.5. The lowest BCUT2D eigenvalue weighted by Gasteiger charge is -2.08. The number of carboxylic acid groups (broad SMARTS) is 1. The van der Waals surface area contributed by atoms with E-state index in [2.05, 4.69) is 0 Å². The minimum absolute atomic E-state index is 0.123. The van der Waals surface area contributed by atoms with Crippen LogP contribution in [-0.2, 0) is 4.79 Å². The zero-order valence-corrected chi connectivity index (χ0v) is 18.0. The second-order valence-corrected chi connectivity index (χ2v) is 8.01. The van der Waals surface area contributed by atoms with Gasteiger partial charge in [0, 0.05) is 10.6 Å². The Kier molecular flexibility index (Phi) is 5.86. The molecule has 6 heteroatoms. The van der Waals surface area contributed by atoms with Crippen LogP contribution in [0.2, 0.25) is 10.0 Å². The van der Waals surface area contributed by atoms with Crippen molar-refractivity contribution in [3.05, 3.63) is 98.8 Å². The van der Waals surface area contributed by atoms with Crippen LogP contribution in [0, 0.1) is 5.82 Å². The summed E-state index contributed by atoms with van der Waals surface area (Å²) in [6, 6.07) is 16.6. The summed E-state index contributed by atoms with van der Waals surface area (Å²) < 4.78 is 18.8. The molecule has 0 saturated carbocycles. The third kappa shape index (κ3) is 4.50. The van der Waals surface area contributed by atoms with Crippen molar-refractivity contribution in [1.29, 1.82) is 0 Å². The van der Waals surface area contributed by atoms with Gasteiger partial charge in [-0.1, -0.05) is 35.3 Å². The first-order chi connectivity index (χ1) is 14.8. The summed E-state index contributed by atoms with van der Waals surface area (Å²) in [6.45, 7) is 1.89. The van der Waals surface area contributed by atoms with Crippen molar-refractivity contribution in [3.8, 4) is 11.5 Å². The van der Waals surface area contributed by atoms with Crippen LogP contribution in [0.3, 0.4) is 0 Å². The number of aliphatic carboxylic acids is 1. The molecule has 0 fully saturated rings. The van der Waals surface area contributed by atoms with Gasteiger partial charge < -0.3 is 9.84 Å². The molecular formula is C25H17Cl2FO3. The number of allylic oxidation sites excluding steroid dienone is 2. The molecule has 1 aliphatic rings. The fourth-order valence-corrected chi connectivity index (χ4v) is 4.25. The lowest BCUT2D eigenvalue weighted by atomic mass is 10.0. The van der Waals surface area contributed by atoms with Crippen molar-refractivity contribution in [2.45, 2.75) is 13.3 Å². The summed E-state index contributed by atoms with van der Waals surface area (Å²) in [4.78, 5) is 11.4. The molecule has 0 spiro atoms. The Morgan fingerprint density at radius 3 is 2.26 bits per heavy atom. The Bertz CT molecular complexity index is 1230. The van der Waals surface area contributed by atoms with Gasteiger partial charge in [0.2, 0.25) is 0 Å². The molecule has 0 atom stereocenters. The molecule has 1 aliphatic carbocycles. The van der Waals surface area contributed by atoms with E-state index in [1.807, 2.05) is 37.3 Å². The van der Waals surface area contributed by atoms with Gasteiger partial charge in [-0.2, -0.15) is 0 Å². The quantitative estimate of drug-likeness (QED) is 0.428. The second kappa shape index (κ2) is 8.58. The molecule has 3 nitrogen and oxygen atoms in total. The first-order valence-electron chi connectivity index (χ1n) is 9.48. The van der Waals surface area contributed by atoms with Crippen molar-refractivity contribution in [2.75, 3.05) is 0 Å². The van der Waals surface area contributed by atoms with Crippen LogP contribution in [0.4, 0.5) is 4.39 Å². The van der Waals surface area contributed by atoms with Crippen LogP contribution < -0.4 is 4.74 Å². The van der Waals surface area contributed by atoms with E-state index >= 15 is 0 Å². The van der Waals surface area contributed by atoms with Gasteiger partial charge >= 0.3 is 5.97 Å². The third-order valence-electron chi connectivity index (χ3n) is 5.07. The van der Waals surface area contributed by atoms with E-state index in [0.29, 0.717) is 32.7 Å². The molecule has 0 bridgehead atoms. The molecule has 0 saturated heterocycles. The molecule has 0 radical (unpaired) electrons. The largest absolute Gasteiger partial charge is 0.481 e. The topological polar surface area (TPSA) is 46.5 Å². The monoisotopic (exact) mass is 454 g/mol. The highest BCUT2D eigenvalue weighted by Crippen LogP contribution is 2.47. The molecular weight excluding hydrogens is 438 g/mol. The summed E-state index contributed by atoms with van der Waals surface area (Å²) >= 11 is 12.6. The average molecular weight is 455 g/mol. The van der Waals surface area contributed by atoms with E-state index in [1.54, 1.807) is 24.3 Å². The first kappa shape index (κ1) is 21.2. The van der Waals surface area contributed by atoms with Gasteiger partial charge in [0.25, 0.3) is 0 Å². The van der Waals surface area contributed by atoms with E-state index in [-0.39, 0.29) is 12.2 Å². The van der Waals surface area contributed by atoms with Gasteiger partial charge in [-0.05, 0) is 89.4 Å². The Balaban J connectivity index is 1.68. The molecule has 3 aromatic rings. The van der Waals surface area contributed by atoms with Gasteiger partial charge in [0.15, 0.2) is 0 Å². The zero-order chi connectivity index (χ0) is 22.1. The second-order valence-electron chi connectivity index (χ2n) is 7.17. The molecule has 0 aliphatic heterocycles. The molecule has 31 heavy (non-hydrogen) atoms. The summed E-state index contributed by atoms with van der Waals surface area (Å²) in [5.74, 6) is -0.0870. The Hall–Kier alpha value is -3.08. The van der Waals surface area contributed by atoms with Gasteiger partial charge in [-0.15, -0.1) is 0 Å². The fourth-order valence-electron chi connectivity index (χ4n) is 3.64. The van der Waals surface area contributed by atoms with Crippen LogP contribution in [0.15, 0.2) is 66.2 Å². The third-order valence-corrected chi connectivity index (χ3v) is 5.59. The number of hydrogen-bond acceptors (Lipinski definition) is 2. The Morgan fingerprint density at radius 2 is 1.65 bits per heavy atom. The number of rotatable bonds is 5. The summed E-state index contributed by atoms with van der Waals surface area (Å²) in [5.41, 5.74) is 4.86.